The van der Waals surface area contributed by atoms with Gasteiger partial charge >= 0.3 is 0 Å². The van der Waals surface area contributed by atoms with E-state index in [2.05, 4.69) is 0 Å². The summed E-state index contributed by atoms with van der Waals surface area (Å²) in [7, 11) is 0. The van der Waals surface area contributed by atoms with E-state index in [1.807, 2.05) is 13.0 Å². The fourth-order valence-electron chi connectivity index (χ4n) is 0.224. The summed E-state index contributed by atoms with van der Waals surface area (Å²) in [4.78, 5) is 0. The third kappa shape index (κ3) is 3.91. The van der Waals surface area contributed by atoms with Gasteiger partial charge in [0.1, 0.15) is 6.61 Å². The summed E-state index contributed by atoms with van der Waals surface area (Å²) in [5.74, 6) is 0.446. The minimum absolute atomic E-state index is 0.00341. The third-order valence-corrected chi connectivity index (χ3v) is 1.08. The first-order valence-electron chi connectivity index (χ1n) is 2.35. The Labute approximate surface area is 54.0 Å². The molecular formula is C5H8ClNO. The standard InChI is InChI=1S/C5H8ClNO/c1-5(4-6)8-3-2-7/h5H,3-4H2,1H3. The lowest BCUT2D eigenvalue weighted by Gasteiger charge is -2.03. The first kappa shape index (κ1) is 7.74. The zero-order chi connectivity index (χ0) is 6.41. The van der Waals surface area contributed by atoms with Crippen LogP contribution in [0.1, 0.15) is 6.92 Å². The van der Waals surface area contributed by atoms with E-state index in [0.717, 1.165) is 0 Å². The van der Waals surface area contributed by atoms with E-state index >= 15 is 0 Å². The Bertz CT molecular complexity index is 88.9. The van der Waals surface area contributed by atoms with E-state index in [0.29, 0.717) is 5.88 Å². The second-order valence-corrected chi connectivity index (χ2v) is 1.74. The molecule has 0 spiro atoms. The maximum atomic E-state index is 7.99. The molecule has 0 N–H and O–H groups in total. The van der Waals surface area contributed by atoms with Crippen LogP contribution in [0.2, 0.25) is 0 Å². The van der Waals surface area contributed by atoms with Crippen molar-refractivity contribution >= 4 is 11.6 Å². The number of hydrogen-bond acceptors (Lipinski definition) is 2. The molecule has 46 valence electrons. The van der Waals surface area contributed by atoms with Gasteiger partial charge in [-0.05, 0) is 6.92 Å². The molecule has 0 saturated heterocycles. The van der Waals surface area contributed by atoms with E-state index in [1.165, 1.54) is 0 Å². The summed E-state index contributed by atoms with van der Waals surface area (Å²) in [6.45, 7) is 1.96. The van der Waals surface area contributed by atoms with Crippen molar-refractivity contribution in [2.24, 2.45) is 0 Å². The monoisotopic (exact) mass is 133 g/mol. The molecule has 0 heterocycles. The summed E-state index contributed by atoms with van der Waals surface area (Å²) < 4.78 is 4.85. The topological polar surface area (TPSA) is 33.0 Å². The fourth-order valence-corrected chi connectivity index (χ4v) is 0.313. The third-order valence-electron chi connectivity index (χ3n) is 0.650. The quantitative estimate of drug-likeness (QED) is 0.542. The van der Waals surface area contributed by atoms with E-state index in [1.54, 1.807) is 0 Å². The summed E-state index contributed by atoms with van der Waals surface area (Å²) in [6, 6.07) is 1.85. The maximum absolute atomic E-state index is 7.99. The van der Waals surface area contributed by atoms with Crippen molar-refractivity contribution in [2.75, 3.05) is 12.5 Å². The highest BCUT2D eigenvalue weighted by molar-refractivity contribution is 6.18. The number of nitrogens with zero attached hydrogens (tertiary/aromatic N) is 1. The average Bonchev–Trinajstić information content (AvgIpc) is 1.83. The summed E-state index contributed by atoms with van der Waals surface area (Å²) in [5.41, 5.74) is 0. The Kier molecular flexibility index (Phi) is 4.73. The first-order valence-corrected chi connectivity index (χ1v) is 2.89. The van der Waals surface area contributed by atoms with Crippen molar-refractivity contribution in [2.45, 2.75) is 13.0 Å². The molecule has 0 aromatic heterocycles. The van der Waals surface area contributed by atoms with E-state index in [4.69, 9.17) is 21.6 Å². The zero-order valence-electron chi connectivity index (χ0n) is 4.72. The Balaban J connectivity index is 3.01. The molecule has 0 aliphatic rings. The summed E-state index contributed by atoms with van der Waals surface area (Å²) in [6.07, 6.45) is -0.00341. The molecule has 0 bridgehead atoms. The zero-order valence-corrected chi connectivity index (χ0v) is 5.48. The van der Waals surface area contributed by atoms with E-state index in [9.17, 15) is 0 Å². The number of nitriles is 1. The van der Waals surface area contributed by atoms with Crippen molar-refractivity contribution in [1.82, 2.24) is 0 Å². The van der Waals surface area contributed by atoms with Crippen molar-refractivity contribution in [3.05, 3.63) is 0 Å². The van der Waals surface area contributed by atoms with Crippen LogP contribution in [0, 0.1) is 11.3 Å². The highest BCUT2D eigenvalue weighted by atomic mass is 35.5. The van der Waals surface area contributed by atoms with Crippen LogP contribution in [-0.4, -0.2) is 18.6 Å². The van der Waals surface area contributed by atoms with E-state index < -0.39 is 0 Å². The molecule has 0 aliphatic heterocycles. The maximum Gasteiger partial charge on any atom is 0.134 e. The Hall–Kier alpha value is -0.260. The SMILES string of the molecule is CC(CCl)OCC#N. The lowest BCUT2D eigenvalue weighted by Crippen LogP contribution is -2.09. The van der Waals surface area contributed by atoms with Gasteiger partial charge < -0.3 is 4.74 Å². The molecule has 0 saturated carbocycles. The van der Waals surface area contributed by atoms with Crippen molar-refractivity contribution < 1.29 is 4.74 Å². The highest BCUT2D eigenvalue weighted by Crippen LogP contribution is 1.91. The molecule has 0 aromatic carbocycles. The lowest BCUT2D eigenvalue weighted by molar-refractivity contribution is 0.108. The van der Waals surface area contributed by atoms with Gasteiger partial charge in [-0.25, -0.2) is 0 Å². The number of alkyl halides is 1. The molecule has 0 fully saturated rings. The van der Waals surface area contributed by atoms with Gasteiger partial charge in [-0.1, -0.05) is 0 Å². The van der Waals surface area contributed by atoms with Crippen molar-refractivity contribution in [3.8, 4) is 6.07 Å². The molecule has 2 nitrogen and oxygen atoms in total. The Morgan fingerprint density at radius 3 is 2.88 bits per heavy atom. The fraction of sp³-hybridized carbons (Fsp3) is 0.800. The largest absolute Gasteiger partial charge is 0.362 e. The lowest BCUT2D eigenvalue weighted by atomic mass is 10.5. The molecule has 0 amide bonds. The molecular weight excluding hydrogens is 126 g/mol. The molecule has 0 rings (SSSR count). The number of ether oxygens (including phenoxy) is 1. The van der Waals surface area contributed by atoms with Gasteiger partial charge in [0.05, 0.1) is 12.2 Å². The van der Waals surface area contributed by atoms with Gasteiger partial charge in [0.25, 0.3) is 0 Å². The molecule has 0 aromatic rings. The van der Waals surface area contributed by atoms with Gasteiger partial charge in [0.2, 0.25) is 0 Å². The van der Waals surface area contributed by atoms with Crippen LogP contribution < -0.4 is 0 Å². The normalized spacial score (nSPS) is 12.6. The minimum atomic E-state index is -0.00341. The molecule has 1 atom stereocenters. The minimum Gasteiger partial charge on any atom is -0.362 e. The smallest absolute Gasteiger partial charge is 0.134 e. The Morgan fingerprint density at radius 1 is 1.88 bits per heavy atom. The van der Waals surface area contributed by atoms with Crippen molar-refractivity contribution in [3.63, 3.8) is 0 Å². The van der Waals surface area contributed by atoms with Crippen LogP contribution in [-0.2, 0) is 4.74 Å². The molecule has 8 heavy (non-hydrogen) atoms. The Morgan fingerprint density at radius 2 is 2.50 bits per heavy atom. The molecule has 3 heteroatoms. The van der Waals surface area contributed by atoms with Crippen LogP contribution in [0.25, 0.3) is 0 Å². The van der Waals surface area contributed by atoms with Crippen LogP contribution in [0.5, 0.6) is 0 Å². The highest BCUT2D eigenvalue weighted by Gasteiger charge is 1.95. The molecule has 0 aliphatic carbocycles. The number of halogens is 1. The average molecular weight is 134 g/mol. The van der Waals surface area contributed by atoms with Crippen LogP contribution in [0.4, 0.5) is 0 Å². The van der Waals surface area contributed by atoms with Gasteiger partial charge in [0, 0.05) is 5.88 Å². The van der Waals surface area contributed by atoms with Crippen LogP contribution in [0.3, 0.4) is 0 Å². The summed E-state index contributed by atoms with van der Waals surface area (Å²) in [5, 5.41) is 7.99. The molecule has 1 unspecified atom stereocenters. The van der Waals surface area contributed by atoms with Gasteiger partial charge in [-0.3, -0.25) is 0 Å². The van der Waals surface area contributed by atoms with Gasteiger partial charge in [0.15, 0.2) is 0 Å². The van der Waals surface area contributed by atoms with E-state index in [-0.39, 0.29) is 12.7 Å². The number of hydrogen-bond donors (Lipinski definition) is 0. The second kappa shape index (κ2) is 4.89. The molecule has 0 radical (unpaired) electrons. The predicted octanol–water partition coefficient (Wildman–Crippen LogP) is 1.15. The second-order valence-electron chi connectivity index (χ2n) is 1.43. The van der Waals surface area contributed by atoms with Crippen molar-refractivity contribution in [1.29, 1.82) is 5.26 Å². The first-order chi connectivity index (χ1) is 3.81. The van der Waals surface area contributed by atoms with Crippen LogP contribution in [0.15, 0.2) is 0 Å². The predicted molar refractivity (Wildman–Crippen MR) is 31.7 cm³/mol. The van der Waals surface area contributed by atoms with Gasteiger partial charge in [-0.2, -0.15) is 5.26 Å². The van der Waals surface area contributed by atoms with Crippen LogP contribution >= 0.6 is 11.6 Å². The number of rotatable bonds is 3. The van der Waals surface area contributed by atoms with Gasteiger partial charge in [-0.15, -0.1) is 11.6 Å². The summed E-state index contributed by atoms with van der Waals surface area (Å²) >= 11 is 5.35.